The van der Waals surface area contributed by atoms with Crippen molar-refractivity contribution in [1.29, 1.82) is 0 Å². The minimum atomic E-state index is -4.54. The first-order chi connectivity index (χ1) is 13.7. The summed E-state index contributed by atoms with van der Waals surface area (Å²) in [5.74, 6) is -0.809. The second-order valence-electron chi connectivity index (χ2n) is 6.05. The molecule has 0 radical (unpaired) electrons. The van der Waals surface area contributed by atoms with Gasteiger partial charge in [-0.2, -0.15) is 18.3 Å². The topological polar surface area (TPSA) is 86.1 Å². The Morgan fingerprint density at radius 1 is 1.34 bits per heavy atom. The summed E-state index contributed by atoms with van der Waals surface area (Å²) in [7, 11) is 1.70. The Bertz CT molecular complexity index is 1070. The number of hydrogen-bond donors (Lipinski definition) is 2. The smallest absolute Gasteiger partial charge is 0.416 e. The van der Waals surface area contributed by atoms with Crippen LogP contribution in [0.2, 0.25) is 5.22 Å². The molecule has 2 aromatic heterocycles. The number of nitrogens with two attached hydrogens (primary N) is 1. The zero-order chi connectivity index (χ0) is 21.2. The van der Waals surface area contributed by atoms with Crippen molar-refractivity contribution < 1.29 is 22.4 Å². The zero-order valence-electron chi connectivity index (χ0n) is 15.1. The molecule has 152 valence electrons. The predicted molar refractivity (Wildman–Crippen MR) is 102 cm³/mol. The first-order valence-electron chi connectivity index (χ1n) is 8.36. The van der Waals surface area contributed by atoms with Crippen molar-refractivity contribution in [2.75, 3.05) is 6.54 Å². The number of carbonyl (C=O) groups excluding carboxylic acids is 1. The molecule has 1 aromatic carbocycles. The number of halogens is 4. The lowest BCUT2D eigenvalue weighted by Crippen LogP contribution is -2.26. The van der Waals surface area contributed by atoms with Crippen molar-refractivity contribution in [2.45, 2.75) is 6.18 Å². The Balaban J connectivity index is 1.87. The van der Waals surface area contributed by atoms with E-state index in [1.807, 2.05) is 0 Å². The van der Waals surface area contributed by atoms with Gasteiger partial charge in [-0.25, -0.2) is 0 Å². The highest BCUT2D eigenvalue weighted by atomic mass is 35.5. The van der Waals surface area contributed by atoms with E-state index in [2.05, 4.69) is 10.4 Å². The predicted octanol–water partition coefficient (Wildman–Crippen LogP) is 4.08. The highest BCUT2D eigenvalue weighted by molar-refractivity contribution is 6.31. The lowest BCUT2D eigenvalue weighted by Gasteiger charge is -2.12. The molecule has 0 spiro atoms. The molecule has 29 heavy (non-hydrogen) atoms. The summed E-state index contributed by atoms with van der Waals surface area (Å²) in [6, 6.07) is 8.10. The van der Waals surface area contributed by atoms with Gasteiger partial charge in [0, 0.05) is 31.6 Å². The summed E-state index contributed by atoms with van der Waals surface area (Å²) in [5, 5.41) is 6.47. The van der Waals surface area contributed by atoms with E-state index in [9.17, 15) is 18.0 Å². The van der Waals surface area contributed by atoms with Gasteiger partial charge in [0.25, 0.3) is 5.91 Å². The molecule has 2 heterocycles. The fraction of sp³-hybridized carbons (Fsp3) is 0.158. The van der Waals surface area contributed by atoms with Crippen LogP contribution in [-0.4, -0.2) is 22.2 Å². The van der Waals surface area contributed by atoms with E-state index < -0.39 is 17.6 Å². The van der Waals surface area contributed by atoms with Crippen LogP contribution in [0.25, 0.3) is 17.3 Å². The molecule has 6 nitrogen and oxygen atoms in total. The molecule has 10 heteroatoms. The van der Waals surface area contributed by atoms with E-state index >= 15 is 0 Å². The number of hydrogen-bond acceptors (Lipinski definition) is 4. The van der Waals surface area contributed by atoms with Gasteiger partial charge >= 0.3 is 6.18 Å². The van der Waals surface area contributed by atoms with Gasteiger partial charge in [-0.15, -0.1) is 0 Å². The first kappa shape index (κ1) is 20.7. The van der Waals surface area contributed by atoms with Crippen molar-refractivity contribution in [3.05, 3.63) is 70.4 Å². The van der Waals surface area contributed by atoms with Gasteiger partial charge in [-0.3, -0.25) is 9.48 Å². The Labute approximate surface area is 168 Å². The fourth-order valence-electron chi connectivity index (χ4n) is 2.72. The van der Waals surface area contributed by atoms with Crippen LogP contribution in [0.4, 0.5) is 13.2 Å². The van der Waals surface area contributed by atoms with E-state index in [-0.39, 0.29) is 28.8 Å². The average Bonchev–Trinajstić information content (AvgIpc) is 3.25. The number of rotatable bonds is 5. The largest absolute Gasteiger partial charge is 0.439 e. The van der Waals surface area contributed by atoms with E-state index in [0.717, 1.165) is 6.07 Å². The van der Waals surface area contributed by atoms with Crippen molar-refractivity contribution in [2.24, 2.45) is 12.8 Å². The maximum atomic E-state index is 13.2. The SMILES string of the molecule is Cn1nccc1-c1cc(C(=O)N/C(=C/c2ccccc2C(F)(F)F)CN)oc1Cl. The number of aromatic nitrogens is 2. The third kappa shape index (κ3) is 4.52. The van der Waals surface area contributed by atoms with Crippen molar-refractivity contribution >= 4 is 23.6 Å². The Kier molecular flexibility index (Phi) is 5.81. The van der Waals surface area contributed by atoms with Gasteiger partial charge in [-0.1, -0.05) is 18.2 Å². The molecule has 0 aliphatic carbocycles. The standard InChI is InChI=1S/C19H16ClF3N4O2/c1-27-15(6-7-25-27)13-9-16(29-17(13)20)18(28)26-12(10-24)8-11-4-2-3-5-14(11)19(21,22)23/h2-9H,10,24H2,1H3,(H,26,28)/b12-8+. The van der Waals surface area contributed by atoms with Crippen molar-refractivity contribution in [3.8, 4) is 11.3 Å². The van der Waals surface area contributed by atoms with Crippen LogP contribution in [0.15, 0.2) is 52.7 Å². The molecule has 0 bridgehead atoms. The van der Waals surface area contributed by atoms with Crippen LogP contribution in [0.1, 0.15) is 21.7 Å². The van der Waals surface area contributed by atoms with Gasteiger partial charge in [0.05, 0.1) is 16.8 Å². The van der Waals surface area contributed by atoms with Crippen LogP contribution >= 0.6 is 11.6 Å². The third-order valence-electron chi connectivity index (χ3n) is 4.10. The molecular formula is C19H16ClF3N4O2. The molecule has 1 amide bonds. The summed E-state index contributed by atoms with van der Waals surface area (Å²) < 4.78 is 46.3. The van der Waals surface area contributed by atoms with Crippen LogP contribution in [-0.2, 0) is 13.2 Å². The lowest BCUT2D eigenvalue weighted by atomic mass is 10.1. The van der Waals surface area contributed by atoms with Crippen LogP contribution in [0, 0.1) is 0 Å². The quantitative estimate of drug-likeness (QED) is 0.646. The Hall–Kier alpha value is -3.04. The molecule has 0 saturated heterocycles. The maximum Gasteiger partial charge on any atom is 0.416 e. The number of aryl methyl sites for hydroxylation is 1. The molecule has 3 aromatic rings. The molecule has 3 rings (SSSR count). The molecular weight excluding hydrogens is 409 g/mol. The molecule has 0 unspecified atom stereocenters. The monoisotopic (exact) mass is 424 g/mol. The number of carbonyl (C=O) groups is 1. The zero-order valence-corrected chi connectivity index (χ0v) is 15.9. The van der Waals surface area contributed by atoms with E-state index in [1.54, 1.807) is 24.0 Å². The van der Waals surface area contributed by atoms with Gasteiger partial charge in [0.15, 0.2) is 5.76 Å². The summed E-state index contributed by atoms with van der Waals surface area (Å²) in [6.45, 7) is -0.193. The second kappa shape index (κ2) is 8.14. The molecule has 0 saturated carbocycles. The highest BCUT2D eigenvalue weighted by Gasteiger charge is 2.32. The minimum absolute atomic E-state index is 0.0144. The van der Waals surface area contributed by atoms with Crippen LogP contribution < -0.4 is 11.1 Å². The Morgan fingerprint density at radius 3 is 2.69 bits per heavy atom. The van der Waals surface area contributed by atoms with Gasteiger partial charge < -0.3 is 15.5 Å². The summed E-state index contributed by atoms with van der Waals surface area (Å²) in [5.41, 5.74) is 5.83. The van der Waals surface area contributed by atoms with Crippen LogP contribution in [0.5, 0.6) is 0 Å². The van der Waals surface area contributed by atoms with Gasteiger partial charge in [0.2, 0.25) is 5.22 Å². The summed E-state index contributed by atoms with van der Waals surface area (Å²) in [4.78, 5) is 12.5. The second-order valence-corrected chi connectivity index (χ2v) is 6.39. The third-order valence-corrected chi connectivity index (χ3v) is 4.38. The van der Waals surface area contributed by atoms with Crippen molar-refractivity contribution in [1.82, 2.24) is 15.1 Å². The van der Waals surface area contributed by atoms with E-state index in [4.69, 9.17) is 21.8 Å². The number of amides is 1. The fourth-order valence-corrected chi connectivity index (χ4v) is 2.95. The molecule has 0 atom stereocenters. The van der Waals surface area contributed by atoms with Crippen LogP contribution in [0.3, 0.4) is 0 Å². The Morgan fingerprint density at radius 2 is 2.07 bits per heavy atom. The molecule has 0 aliphatic heterocycles. The van der Waals surface area contributed by atoms with Gasteiger partial charge in [-0.05, 0) is 35.4 Å². The normalized spacial score (nSPS) is 12.3. The van der Waals surface area contributed by atoms with Crippen molar-refractivity contribution in [3.63, 3.8) is 0 Å². The number of furan rings is 1. The van der Waals surface area contributed by atoms with Gasteiger partial charge in [0.1, 0.15) is 0 Å². The number of benzene rings is 1. The molecule has 0 aliphatic rings. The number of nitrogens with zero attached hydrogens (tertiary/aromatic N) is 2. The number of nitrogens with one attached hydrogen (secondary N) is 1. The minimum Gasteiger partial charge on any atom is -0.439 e. The average molecular weight is 425 g/mol. The summed E-state index contributed by atoms with van der Waals surface area (Å²) in [6.07, 6.45) is -1.80. The molecule has 3 N–H and O–H groups in total. The maximum absolute atomic E-state index is 13.2. The van der Waals surface area contributed by atoms with E-state index in [1.165, 1.54) is 30.3 Å². The molecule has 0 fully saturated rings. The first-order valence-corrected chi connectivity index (χ1v) is 8.74. The number of alkyl halides is 3. The lowest BCUT2D eigenvalue weighted by molar-refractivity contribution is -0.137. The summed E-state index contributed by atoms with van der Waals surface area (Å²) >= 11 is 6.07. The van der Waals surface area contributed by atoms with E-state index in [0.29, 0.717) is 11.3 Å². The highest BCUT2D eigenvalue weighted by Crippen LogP contribution is 2.33.